The number of benzene rings is 2. The fourth-order valence-corrected chi connectivity index (χ4v) is 2.38. The van der Waals surface area contributed by atoms with Gasteiger partial charge in [0.05, 0.1) is 6.10 Å². The summed E-state index contributed by atoms with van der Waals surface area (Å²) in [5.41, 5.74) is 0.155. The summed E-state index contributed by atoms with van der Waals surface area (Å²) in [4.78, 5) is 20.2. The van der Waals surface area contributed by atoms with Crippen LogP contribution in [0, 0.1) is 11.6 Å². The minimum absolute atomic E-state index is 0.0417. The number of carbonyl (C=O) groups excluding carboxylic acids is 1. The quantitative estimate of drug-likeness (QED) is 0.653. The van der Waals surface area contributed by atoms with Crippen molar-refractivity contribution in [1.82, 2.24) is 9.97 Å². The summed E-state index contributed by atoms with van der Waals surface area (Å²) in [6.45, 7) is 3.87. The van der Waals surface area contributed by atoms with Crippen LogP contribution in [0.25, 0.3) is 0 Å². The number of nitrogens with zero attached hydrogens (tertiary/aromatic N) is 2. The summed E-state index contributed by atoms with van der Waals surface area (Å²) in [7, 11) is 0. The zero-order valence-electron chi connectivity index (χ0n) is 15.2. The zero-order chi connectivity index (χ0) is 20.1. The molecule has 0 aliphatic rings. The lowest BCUT2D eigenvalue weighted by Crippen LogP contribution is -2.16. The van der Waals surface area contributed by atoms with Crippen LogP contribution in [-0.4, -0.2) is 22.0 Å². The van der Waals surface area contributed by atoms with Gasteiger partial charge in [-0.25, -0.2) is 18.7 Å². The van der Waals surface area contributed by atoms with E-state index >= 15 is 0 Å². The van der Waals surface area contributed by atoms with Gasteiger partial charge in [-0.15, -0.1) is 0 Å². The maximum atomic E-state index is 13.7. The van der Waals surface area contributed by atoms with Crippen molar-refractivity contribution in [2.75, 3.05) is 10.6 Å². The molecule has 0 atom stereocenters. The molecule has 0 unspecified atom stereocenters. The fraction of sp³-hybridized carbons (Fsp3) is 0.150. The number of hydrogen-bond acceptors (Lipinski definition) is 5. The molecular weight excluding hydrogens is 366 g/mol. The Morgan fingerprint density at radius 2 is 1.71 bits per heavy atom. The van der Waals surface area contributed by atoms with Crippen molar-refractivity contribution in [3.05, 3.63) is 72.2 Å². The molecule has 1 aromatic heterocycles. The molecule has 0 radical (unpaired) electrons. The summed E-state index contributed by atoms with van der Waals surface area (Å²) in [5, 5.41) is 5.22. The Labute approximate surface area is 160 Å². The normalized spacial score (nSPS) is 10.6. The van der Waals surface area contributed by atoms with E-state index in [-0.39, 0.29) is 11.8 Å². The Morgan fingerprint density at radius 1 is 1.04 bits per heavy atom. The van der Waals surface area contributed by atoms with E-state index in [1.807, 2.05) is 13.8 Å². The zero-order valence-corrected chi connectivity index (χ0v) is 15.2. The van der Waals surface area contributed by atoms with E-state index in [1.165, 1.54) is 18.5 Å². The second-order valence-electron chi connectivity index (χ2n) is 6.16. The first kappa shape index (κ1) is 19.2. The number of aromatic nitrogens is 2. The molecule has 0 aliphatic carbocycles. The van der Waals surface area contributed by atoms with E-state index in [9.17, 15) is 13.6 Å². The van der Waals surface area contributed by atoms with E-state index in [2.05, 4.69) is 20.6 Å². The Balaban J connectivity index is 1.72. The number of para-hydroxylation sites is 1. The first-order valence-corrected chi connectivity index (χ1v) is 8.53. The van der Waals surface area contributed by atoms with Gasteiger partial charge in [0.2, 0.25) is 0 Å². The summed E-state index contributed by atoms with van der Waals surface area (Å²) in [6.07, 6.45) is 1.26. The summed E-state index contributed by atoms with van der Waals surface area (Å²) < 4.78 is 33.0. The third-order valence-electron chi connectivity index (χ3n) is 3.60. The number of nitrogens with one attached hydrogen (secondary N) is 2. The van der Waals surface area contributed by atoms with Gasteiger partial charge >= 0.3 is 0 Å². The minimum Gasteiger partial charge on any atom is -0.491 e. The van der Waals surface area contributed by atoms with Gasteiger partial charge in [-0.2, -0.15) is 0 Å². The van der Waals surface area contributed by atoms with Gasteiger partial charge in [0.25, 0.3) is 5.91 Å². The van der Waals surface area contributed by atoms with Gasteiger partial charge in [-0.1, -0.05) is 6.07 Å². The predicted octanol–water partition coefficient (Wildman–Crippen LogP) is 4.54. The molecule has 2 aromatic carbocycles. The molecule has 1 amide bonds. The molecule has 0 saturated carbocycles. The number of halogens is 2. The van der Waals surface area contributed by atoms with Crippen LogP contribution >= 0.6 is 0 Å². The molecule has 6 nitrogen and oxygen atoms in total. The van der Waals surface area contributed by atoms with E-state index in [4.69, 9.17) is 4.74 Å². The smallest absolute Gasteiger partial charge is 0.274 e. The largest absolute Gasteiger partial charge is 0.491 e. The molecule has 0 aliphatic heterocycles. The Kier molecular flexibility index (Phi) is 5.78. The van der Waals surface area contributed by atoms with Crippen LogP contribution in [0.1, 0.15) is 24.3 Å². The number of carbonyl (C=O) groups is 1. The maximum absolute atomic E-state index is 13.7. The molecule has 0 bridgehead atoms. The van der Waals surface area contributed by atoms with Crippen molar-refractivity contribution in [2.45, 2.75) is 20.0 Å². The molecule has 2 N–H and O–H groups in total. The number of anilines is 3. The van der Waals surface area contributed by atoms with Gasteiger partial charge in [0.1, 0.15) is 40.9 Å². The Bertz CT molecular complexity index is 958. The highest BCUT2D eigenvalue weighted by Crippen LogP contribution is 2.21. The molecule has 0 fully saturated rings. The lowest BCUT2D eigenvalue weighted by molar-refractivity contribution is 0.102. The third-order valence-corrected chi connectivity index (χ3v) is 3.60. The summed E-state index contributed by atoms with van der Waals surface area (Å²) in [6, 6.07) is 11.9. The number of rotatable bonds is 6. The van der Waals surface area contributed by atoms with Crippen LogP contribution in [0.4, 0.5) is 26.0 Å². The Morgan fingerprint density at radius 3 is 2.36 bits per heavy atom. The van der Waals surface area contributed by atoms with E-state index in [0.29, 0.717) is 5.82 Å². The average molecular weight is 384 g/mol. The van der Waals surface area contributed by atoms with Crippen molar-refractivity contribution in [3.63, 3.8) is 0 Å². The fourth-order valence-electron chi connectivity index (χ4n) is 2.38. The lowest BCUT2D eigenvalue weighted by atomic mass is 10.2. The minimum atomic E-state index is -0.871. The van der Waals surface area contributed by atoms with E-state index in [0.717, 1.165) is 23.6 Å². The standard InChI is InChI=1S/C20H18F2N4O2/c1-12(2)28-14-8-6-13(7-9-14)25-18-10-17(23-11-24-18)20(27)26-19-15(21)4-3-5-16(19)22/h3-12H,1-2H3,(H,26,27)(H,23,24,25). The molecule has 0 saturated heterocycles. The third kappa shape index (κ3) is 4.79. The van der Waals surface area contributed by atoms with Crippen LogP contribution in [-0.2, 0) is 0 Å². The van der Waals surface area contributed by atoms with Gasteiger partial charge in [-0.3, -0.25) is 4.79 Å². The van der Waals surface area contributed by atoms with E-state index in [1.54, 1.807) is 24.3 Å². The lowest BCUT2D eigenvalue weighted by Gasteiger charge is -2.11. The molecule has 3 aromatic rings. The number of ether oxygens (including phenoxy) is 1. The molecule has 0 spiro atoms. The summed E-state index contributed by atoms with van der Waals surface area (Å²) >= 11 is 0. The highest BCUT2D eigenvalue weighted by Gasteiger charge is 2.15. The van der Waals surface area contributed by atoms with Crippen LogP contribution in [0.5, 0.6) is 5.75 Å². The number of amides is 1. The first-order valence-electron chi connectivity index (χ1n) is 8.53. The SMILES string of the molecule is CC(C)Oc1ccc(Nc2cc(C(=O)Nc3c(F)cccc3F)ncn2)cc1. The maximum Gasteiger partial charge on any atom is 0.274 e. The monoisotopic (exact) mass is 384 g/mol. The topological polar surface area (TPSA) is 76.1 Å². The van der Waals surface area contributed by atoms with Crippen LogP contribution < -0.4 is 15.4 Å². The second kappa shape index (κ2) is 8.43. The van der Waals surface area contributed by atoms with Crippen molar-refractivity contribution in [2.24, 2.45) is 0 Å². The van der Waals surface area contributed by atoms with Crippen molar-refractivity contribution in [1.29, 1.82) is 0 Å². The predicted molar refractivity (Wildman–Crippen MR) is 102 cm³/mol. The van der Waals surface area contributed by atoms with Crippen molar-refractivity contribution < 1.29 is 18.3 Å². The van der Waals surface area contributed by atoms with Gasteiger partial charge < -0.3 is 15.4 Å². The molecule has 8 heteroatoms. The highest BCUT2D eigenvalue weighted by molar-refractivity contribution is 6.03. The van der Waals surface area contributed by atoms with Crippen molar-refractivity contribution >= 4 is 23.1 Å². The first-order chi connectivity index (χ1) is 13.4. The summed E-state index contributed by atoms with van der Waals surface area (Å²) in [5.74, 6) is -1.41. The van der Waals surface area contributed by atoms with Crippen LogP contribution in [0.2, 0.25) is 0 Å². The highest BCUT2D eigenvalue weighted by atomic mass is 19.1. The molecular formula is C20H18F2N4O2. The Hall–Kier alpha value is -3.55. The molecule has 1 heterocycles. The van der Waals surface area contributed by atoms with Crippen LogP contribution in [0.15, 0.2) is 54.9 Å². The van der Waals surface area contributed by atoms with Gasteiger partial charge in [0, 0.05) is 11.8 Å². The van der Waals surface area contributed by atoms with Gasteiger partial charge in [-0.05, 0) is 50.2 Å². The number of hydrogen-bond donors (Lipinski definition) is 2. The molecule has 3 rings (SSSR count). The van der Waals surface area contributed by atoms with Gasteiger partial charge in [0.15, 0.2) is 0 Å². The molecule has 28 heavy (non-hydrogen) atoms. The van der Waals surface area contributed by atoms with Crippen LogP contribution in [0.3, 0.4) is 0 Å². The van der Waals surface area contributed by atoms with E-state index < -0.39 is 23.2 Å². The molecule has 144 valence electrons. The average Bonchev–Trinajstić information content (AvgIpc) is 2.66. The second-order valence-corrected chi connectivity index (χ2v) is 6.16. The van der Waals surface area contributed by atoms with Crippen molar-refractivity contribution in [3.8, 4) is 5.75 Å².